The summed E-state index contributed by atoms with van der Waals surface area (Å²) >= 11 is 0.919. The van der Waals surface area contributed by atoms with Gasteiger partial charge in [0.25, 0.3) is 6.43 Å². The molecule has 0 fully saturated rings. The van der Waals surface area contributed by atoms with E-state index < -0.39 is 6.43 Å². The number of thiazole rings is 1. The van der Waals surface area contributed by atoms with Crippen molar-refractivity contribution in [3.8, 4) is 0 Å². The number of halogens is 2. The Morgan fingerprint density at radius 1 is 1.70 bits per heavy atom. The highest BCUT2D eigenvalue weighted by atomic mass is 32.1. The van der Waals surface area contributed by atoms with Crippen LogP contribution in [0, 0.1) is 0 Å². The van der Waals surface area contributed by atoms with Gasteiger partial charge in [0.05, 0.1) is 0 Å². The Hall–Kier alpha value is -0.840. The molecule has 0 unspecified atom stereocenters. The fourth-order valence-electron chi connectivity index (χ4n) is 0.455. The van der Waals surface area contributed by atoms with Crippen LogP contribution in [0.3, 0.4) is 0 Å². The number of rotatable bonds is 2. The van der Waals surface area contributed by atoms with Gasteiger partial charge in [-0.15, -0.1) is 11.3 Å². The van der Waals surface area contributed by atoms with Gasteiger partial charge in [-0.2, -0.15) is 0 Å². The second-order valence-corrected chi connectivity index (χ2v) is 2.42. The zero-order valence-electron chi connectivity index (χ0n) is 4.75. The van der Waals surface area contributed by atoms with Crippen LogP contribution in [-0.4, -0.2) is 11.3 Å². The third-order valence-electron chi connectivity index (χ3n) is 0.864. The molecule has 0 spiro atoms. The highest BCUT2D eigenvalue weighted by Crippen LogP contribution is 2.19. The average molecular weight is 163 g/mol. The molecule has 0 aliphatic carbocycles. The number of carbonyl (C=O) groups excluding carboxylic acids is 1. The Morgan fingerprint density at radius 2 is 2.40 bits per heavy atom. The first-order valence-corrected chi connectivity index (χ1v) is 3.30. The first kappa shape index (κ1) is 7.27. The van der Waals surface area contributed by atoms with Crippen LogP contribution in [0.2, 0.25) is 0 Å². The third kappa shape index (κ3) is 1.36. The molecule has 54 valence electrons. The van der Waals surface area contributed by atoms with Crippen molar-refractivity contribution in [3.05, 3.63) is 16.1 Å². The molecule has 1 aromatic heterocycles. The molecule has 0 aliphatic heterocycles. The lowest BCUT2D eigenvalue weighted by Gasteiger charge is -1.86. The molecule has 5 heteroatoms. The Kier molecular flexibility index (Phi) is 2.06. The maximum Gasteiger partial charge on any atom is 0.281 e. The van der Waals surface area contributed by atoms with Crippen molar-refractivity contribution in [2.75, 3.05) is 0 Å². The number of hydrogen-bond acceptors (Lipinski definition) is 3. The quantitative estimate of drug-likeness (QED) is 0.623. The lowest BCUT2D eigenvalue weighted by molar-refractivity contribution is 0.112. The highest BCUT2D eigenvalue weighted by molar-refractivity contribution is 7.11. The van der Waals surface area contributed by atoms with E-state index in [1.807, 2.05) is 0 Å². The average Bonchev–Trinajstić information content (AvgIpc) is 2.34. The largest absolute Gasteiger partial charge is 0.295 e. The van der Waals surface area contributed by atoms with Crippen LogP contribution in [0.15, 0.2) is 5.38 Å². The van der Waals surface area contributed by atoms with Gasteiger partial charge in [-0.25, -0.2) is 13.8 Å². The Bertz CT molecular complexity index is 235. The molecule has 0 N–H and O–H groups in total. The van der Waals surface area contributed by atoms with E-state index in [2.05, 4.69) is 4.98 Å². The maximum absolute atomic E-state index is 11.7. The molecule has 0 saturated carbocycles. The molecule has 1 heterocycles. The third-order valence-corrected chi connectivity index (χ3v) is 1.65. The summed E-state index contributed by atoms with van der Waals surface area (Å²) in [6.07, 6.45) is -2.12. The molecular weight excluding hydrogens is 160 g/mol. The summed E-state index contributed by atoms with van der Waals surface area (Å²) in [5.74, 6) is 0. The zero-order valence-corrected chi connectivity index (χ0v) is 5.57. The molecule has 0 aromatic carbocycles. The normalized spacial score (nSPS) is 10.3. The van der Waals surface area contributed by atoms with Gasteiger partial charge in [0.15, 0.2) is 11.3 Å². The molecule has 0 bridgehead atoms. The summed E-state index contributed by atoms with van der Waals surface area (Å²) in [7, 11) is 0. The molecule has 1 rings (SSSR count). The minimum atomic E-state index is -2.58. The van der Waals surface area contributed by atoms with Crippen molar-refractivity contribution < 1.29 is 13.6 Å². The fourth-order valence-corrected chi connectivity index (χ4v) is 1.07. The monoisotopic (exact) mass is 163 g/mol. The summed E-state index contributed by atoms with van der Waals surface area (Å²) in [5, 5.41) is 1.27. The van der Waals surface area contributed by atoms with Gasteiger partial charge in [0.2, 0.25) is 0 Å². The van der Waals surface area contributed by atoms with Gasteiger partial charge in [0, 0.05) is 5.38 Å². The van der Waals surface area contributed by atoms with Crippen LogP contribution in [0.25, 0.3) is 0 Å². The van der Waals surface area contributed by atoms with E-state index in [1.165, 1.54) is 5.38 Å². The van der Waals surface area contributed by atoms with E-state index in [9.17, 15) is 13.6 Å². The molecule has 0 radical (unpaired) electrons. The predicted molar refractivity (Wildman–Crippen MR) is 32.5 cm³/mol. The number of aromatic nitrogens is 1. The summed E-state index contributed by atoms with van der Waals surface area (Å²) in [6, 6.07) is 0. The van der Waals surface area contributed by atoms with Crippen molar-refractivity contribution in [1.29, 1.82) is 0 Å². The van der Waals surface area contributed by atoms with Crippen LogP contribution >= 0.6 is 11.3 Å². The fraction of sp³-hybridized carbons (Fsp3) is 0.200. The molecule has 0 aliphatic rings. The Balaban J connectivity index is 2.88. The number of hydrogen-bond donors (Lipinski definition) is 0. The number of alkyl halides is 2. The van der Waals surface area contributed by atoms with Crippen LogP contribution in [0.4, 0.5) is 8.78 Å². The van der Waals surface area contributed by atoms with Gasteiger partial charge in [-0.05, 0) is 0 Å². The van der Waals surface area contributed by atoms with E-state index in [4.69, 9.17) is 0 Å². The number of carbonyl (C=O) groups is 1. The highest BCUT2D eigenvalue weighted by Gasteiger charge is 2.10. The molecule has 10 heavy (non-hydrogen) atoms. The SMILES string of the molecule is O=Cc1nc(C(F)F)cs1. The van der Waals surface area contributed by atoms with E-state index in [0.717, 1.165) is 11.3 Å². The molecule has 0 atom stereocenters. The van der Waals surface area contributed by atoms with Gasteiger partial charge >= 0.3 is 0 Å². The van der Waals surface area contributed by atoms with Crippen LogP contribution in [0.5, 0.6) is 0 Å². The number of aldehydes is 1. The lowest BCUT2D eigenvalue weighted by Crippen LogP contribution is -1.84. The second kappa shape index (κ2) is 2.83. The van der Waals surface area contributed by atoms with Gasteiger partial charge in [-0.3, -0.25) is 4.79 Å². The minimum absolute atomic E-state index is 0.0929. The first-order chi connectivity index (χ1) is 4.74. The van der Waals surface area contributed by atoms with E-state index in [0.29, 0.717) is 6.29 Å². The Labute approximate surface area is 59.5 Å². The van der Waals surface area contributed by atoms with Crippen LogP contribution in [-0.2, 0) is 0 Å². The Morgan fingerprint density at radius 3 is 2.70 bits per heavy atom. The minimum Gasteiger partial charge on any atom is -0.295 e. The smallest absolute Gasteiger partial charge is 0.281 e. The van der Waals surface area contributed by atoms with Gasteiger partial charge < -0.3 is 0 Å². The molecule has 2 nitrogen and oxygen atoms in total. The van der Waals surface area contributed by atoms with Gasteiger partial charge in [-0.1, -0.05) is 0 Å². The molecule has 0 saturated heterocycles. The predicted octanol–water partition coefficient (Wildman–Crippen LogP) is 1.89. The van der Waals surface area contributed by atoms with E-state index >= 15 is 0 Å². The van der Waals surface area contributed by atoms with Crippen molar-refractivity contribution in [2.45, 2.75) is 6.43 Å². The molecule has 0 amide bonds. The standard InChI is InChI=1S/C5H3F2NOS/c6-5(7)3-2-10-4(1-9)8-3/h1-2,5H. The van der Waals surface area contributed by atoms with Gasteiger partial charge in [0.1, 0.15) is 5.69 Å². The van der Waals surface area contributed by atoms with Crippen molar-refractivity contribution in [2.24, 2.45) is 0 Å². The summed E-state index contributed by atoms with van der Waals surface area (Å²) in [5.41, 5.74) is -0.327. The van der Waals surface area contributed by atoms with E-state index in [1.54, 1.807) is 0 Å². The summed E-state index contributed by atoms with van der Waals surface area (Å²) < 4.78 is 23.5. The maximum atomic E-state index is 11.7. The molecular formula is C5H3F2NOS. The van der Waals surface area contributed by atoms with E-state index in [-0.39, 0.29) is 10.7 Å². The molecule has 1 aromatic rings. The zero-order chi connectivity index (χ0) is 7.56. The topological polar surface area (TPSA) is 30.0 Å². The van der Waals surface area contributed by atoms with Crippen LogP contribution < -0.4 is 0 Å². The number of nitrogens with zero attached hydrogens (tertiary/aromatic N) is 1. The summed E-state index contributed by atoms with van der Waals surface area (Å²) in [6.45, 7) is 0. The summed E-state index contributed by atoms with van der Waals surface area (Å²) in [4.78, 5) is 13.3. The second-order valence-electron chi connectivity index (χ2n) is 1.53. The van der Waals surface area contributed by atoms with Crippen molar-refractivity contribution in [3.63, 3.8) is 0 Å². The van der Waals surface area contributed by atoms with Crippen molar-refractivity contribution >= 4 is 17.6 Å². The lowest BCUT2D eigenvalue weighted by atomic mass is 10.5. The van der Waals surface area contributed by atoms with Crippen molar-refractivity contribution in [1.82, 2.24) is 4.98 Å². The van der Waals surface area contributed by atoms with Crippen LogP contribution in [0.1, 0.15) is 21.9 Å². The first-order valence-electron chi connectivity index (χ1n) is 2.43.